The van der Waals surface area contributed by atoms with Crippen molar-refractivity contribution >= 4 is 16.8 Å². The minimum Gasteiger partial charge on any atom is -0.497 e. The molecule has 0 aliphatic rings. The fourth-order valence-corrected chi connectivity index (χ4v) is 2.66. The van der Waals surface area contributed by atoms with E-state index in [1.165, 1.54) is 5.56 Å². The molecule has 4 rings (SSSR count). The number of fused-ring (bicyclic) bond motifs is 1. The van der Waals surface area contributed by atoms with Gasteiger partial charge in [0.05, 0.1) is 17.9 Å². The summed E-state index contributed by atoms with van der Waals surface area (Å²) in [7, 11) is 1.62. The van der Waals surface area contributed by atoms with Crippen LogP contribution in [0, 0.1) is 0 Å². The third-order valence-electron chi connectivity index (χ3n) is 3.98. The van der Waals surface area contributed by atoms with Gasteiger partial charge in [-0.1, -0.05) is 35.5 Å². The van der Waals surface area contributed by atoms with Crippen molar-refractivity contribution in [2.24, 2.45) is 4.99 Å². The van der Waals surface area contributed by atoms with Gasteiger partial charge in [0.15, 0.2) is 5.58 Å². The smallest absolute Gasteiger partial charge is 0.203 e. The molecule has 2 aromatic carbocycles. The molecule has 2 aromatic heterocycles. The summed E-state index contributed by atoms with van der Waals surface area (Å²) in [5, 5.41) is 5.74. The number of pyridine rings is 1. The maximum absolute atomic E-state index is 5.34. The molecule has 2 heterocycles. The highest BCUT2D eigenvalue weighted by Gasteiger charge is 2.07. The molecular weight excluding hydrogens is 314 g/mol. The number of nitrogens with zero attached hydrogens (tertiary/aromatic N) is 3. The highest BCUT2D eigenvalue weighted by atomic mass is 16.5. The van der Waals surface area contributed by atoms with Gasteiger partial charge in [-0.05, 0) is 29.8 Å². The fraction of sp³-hybridized carbons (Fsp3) is 0.100. The van der Waals surface area contributed by atoms with Crippen LogP contribution in [-0.2, 0) is 6.54 Å². The van der Waals surface area contributed by atoms with E-state index in [9.17, 15) is 0 Å². The van der Waals surface area contributed by atoms with Gasteiger partial charge in [-0.15, -0.1) is 0 Å². The second-order valence-corrected chi connectivity index (χ2v) is 5.69. The van der Waals surface area contributed by atoms with E-state index >= 15 is 0 Å². The van der Waals surface area contributed by atoms with E-state index in [2.05, 4.69) is 26.8 Å². The van der Waals surface area contributed by atoms with Crippen molar-refractivity contribution in [3.8, 4) is 5.75 Å². The maximum Gasteiger partial charge on any atom is 0.203 e. The Morgan fingerprint density at radius 2 is 1.84 bits per heavy atom. The summed E-state index contributed by atoms with van der Waals surface area (Å²) < 4.78 is 12.6. The number of hydrogen-bond acceptors (Lipinski definition) is 4. The molecule has 0 bridgehead atoms. The van der Waals surface area contributed by atoms with Crippen molar-refractivity contribution in [2.45, 2.75) is 6.54 Å². The molecule has 0 saturated heterocycles. The van der Waals surface area contributed by atoms with Gasteiger partial charge >= 0.3 is 0 Å². The molecular formula is C20H17N3O2. The van der Waals surface area contributed by atoms with Crippen LogP contribution in [0.15, 0.2) is 82.6 Å². The van der Waals surface area contributed by atoms with Crippen LogP contribution in [0.25, 0.3) is 11.0 Å². The van der Waals surface area contributed by atoms with Crippen LogP contribution in [0.2, 0.25) is 0 Å². The molecule has 25 heavy (non-hydrogen) atoms. The lowest BCUT2D eigenvalue weighted by Crippen LogP contribution is -2.06. The average Bonchev–Trinajstić information content (AvgIpc) is 3.06. The third-order valence-corrected chi connectivity index (χ3v) is 3.98. The second kappa shape index (κ2) is 6.65. The molecule has 5 heteroatoms. The molecule has 124 valence electrons. The summed E-state index contributed by atoms with van der Waals surface area (Å²) >= 11 is 0. The number of methoxy groups -OCH3 is 1. The Morgan fingerprint density at radius 1 is 1.04 bits per heavy atom. The number of rotatable bonds is 4. The van der Waals surface area contributed by atoms with Crippen molar-refractivity contribution in [3.63, 3.8) is 0 Å². The van der Waals surface area contributed by atoms with Crippen LogP contribution in [0.4, 0.5) is 5.82 Å². The standard InChI is InChI=1S/C20H17N3O2/c1-24-17-7-8-18-19(13-17)25-22-20(18)21-16-9-11-23(12-10-16)14-15-5-3-2-4-6-15/h2-13H,14H2,1H3. The maximum atomic E-state index is 5.34. The Bertz CT molecular complexity index is 1040. The highest BCUT2D eigenvalue weighted by Crippen LogP contribution is 2.27. The monoisotopic (exact) mass is 331 g/mol. The molecule has 0 saturated carbocycles. The van der Waals surface area contributed by atoms with Crippen molar-refractivity contribution in [3.05, 3.63) is 84.0 Å². The first-order chi connectivity index (χ1) is 12.3. The zero-order valence-corrected chi connectivity index (χ0v) is 13.8. The molecule has 5 nitrogen and oxygen atoms in total. The number of benzene rings is 2. The predicted octanol–water partition coefficient (Wildman–Crippen LogP) is 3.92. The molecule has 0 atom stereocenters. The minimum absolute atomic E-state index is 0.568. The zero-order chi connectivity index (χ0) is 17.1. The summed E-state index contributed by atoms with van der Waals surface area (Å²) in [4.78, 5) is 4.57. The van der Waals surface area contributed by atoms with Crippen LogP contribution < -0.4 is 10.1 Å². The summed E-state index contributed by atoms with van der Waals surface area (Å²) in [6.07, 6.45) is 4.02. The van der Waals surface area contributed by atoms with Crippen molar-refractivity contribution < 1.29 is 9.26 Å². The molecule has 4 aromatic rings. The van der Waals surface area contributed by atoms with E-state index in [0.717, 1.165) is 23.0 Å². The lowest BCUT2D eigenvalue weighted by Gasteiger charge is -2.05. The SMILES string of the molecule is COc1ccc2c(N=c3ccn(Cc4ccccc4)cc3)noc2c1. The first kappa shape index (κ1) is 15.2. The van der Waals surface area contributed by atoms with Crippen LogP contribution in [0.1, 0.15) is 5.56 Å². The largest absolute Gasteiger partial charge is 0.497 e. The molecule has 0 amide bonds. The van der Waals surface area contributed by atoms with Gasteiger partial charge in [0.25, 0.3) is 0 Å². The van der Waals surface area contributed by atoms with E-state index in [-0.39, 0.29) is 0 Å². The summed E-state index contributed by atoms with van der Waals surface area (Å²) in [6, 6.07) is 19.9. The van der Waals surface area contributed by atoms with E-state index in [1.807, 2.05) is 54.9 Å². The lowest BCUT2D eigenvalue weighted by molar-refractivity contribution is 0.412. The first-order valence-electron chi connectivity index (χ1n) is 8.00. The van der Waals surface area contributed by atoms with Crippen molar-refractivity contribution in [1.29, 1.82) is 0 Å². The quantitative estimate of drug-likeness (QED) is 0.569. The number of ether oxygens (including phenoxy) is 1. The van der Waals surface area contributed by atoms with Crippen LogP contribution in [0.3, 0.4) is 0 Å². The lowest BCUT2D eigenvalue weighted by atomic mass is 10.2. The minimum atomic E-state index is 0.568. The molecule has 0 aliphatic carbocycles. The van der Waals surface area contributed by atoms with Crippen LogP contribution in [0.5, 0.6) is 5.75 Å². The van der Waals surface area contributed by atoms with E-state index in [0.29, 0.717) is 11.4 Å². The van der Waals surface area contributed by atoms with Gasteiger partial charge in [0, 0.05) is 25.0 Å². The second-order valence-electron chi connectivity index (χ2n) is 5.69. The summed E-state index contributed by atoms with van der Waals surface area (Å²) in [5.41, 5.74) is 1.92. The van der Waals surface area contributed by atoms with Gasteiger partial charge in [0.2, 0.25) is 5.82 Å². The van der Waals surface area contributed by atoms with Crippen molar-refractivity contribution in [1.82, 2.24) is 9.72 Å². The Labute approximate surface area is 144 Å². The first-order valence-corrected chi connectivity index (χ1v) is 8.00. The molecule has 0 radical (unpaired) electrons. The average molecular weight is 331 g/mol. The highest BCUT2D eigenvalue weighted by molar-refractivity contribution is 5.87. The molecule has 0 aliphatic heterocycles. The van der Waals surface area contributed by atoms with Gasteiger partial charge in [-0.2, -0.15) is 0 Å². The molecule has 0 N–H and O–H groups in total. The summed E-state index contributed by atoms with van der Waals surface area (Å²) in [5.74, 6) is 1.30. The molecule has 0 spiro atoms. The van der Waals surface area contributed by atoms with E-state index in [1.54, 1.807) is 13.2 Å². The Kier molecular flexibility index (Phi) is 4.04. The van der Waals surface area contributed by atoms with Crippen LogP contribution in [-0.4, -0.2) is 16.8 Å². The Morgan fingerprint density at radius 3 is 2.60 bits per heavy atom. The van der Waals surface area contributed by atoms with E-state index in [4.69, 9.17) is 9.26 Å². The van der Waals surface area contributed by atoms with Gasteiger partial charge in [0.1, 0.15) is 5.75 Å². The van der Waals surface area contributed by atoms with Gasteiger partial charge in [-0.25, -0.2) is 4.99 Å². The fourth-order valence-electron chi connectivity index (χ4n) is 2.66. The normalized spacial score (nSPS) is 10.8. The Balaban J connectivity index is 1.61. The Hall–Kier alpha value is -3.34. The number of hydrogen-bond donors (Lipinski definition) is 0. The van der Waals surface area contributed by atoms with Gasteiger partial charge < -0.3 is 13.8 Å². The van der Waals surface area contributed by atoms with E-state index < -0.39 is 0 Å². The van der Waals surface area contributed by atoms with Crippen molar-refractivity contribution in [2.75, 3.05) is 7.11 Å². The third kappa shape index (κ3) is 3.30. The van der Waals surface area contributed by atoms with Crippen LogP contribution >= 0.6 is 0 Å². The predicted molar refractivity (Wildman–Crippen MR) is 95.8 cm³/mol. The van der Waals surface area contributed by atoms with Gasteiger partial charge in [-0.3, -0.25) is 0 Å². The molecule has 0 unspecified atom stereocenters. The zero-order valence-electron chi connectivity index (χ0n) is 13.8. The number of aromatic nitrogens is 2. The summed E-state index contributed by atoms with van der Waals surface area (Å²) in [6.45, 7) is 0.827. The topological polar surface area (TPSA) is 52.5 Å². The molecule has 0 fully saturated rings.